The van der Waals surface area contributed by atoms with Gasteiger partial charge in [-0.2, -0.15) is 19.0 Å². The molecule has 0 fully saturated rings. The molecule has 0 atom stereocenters. The summed E-state index contributed by atoms with van der Waals surface area (Å²) in [5.41, 5.74) is 1.92. The van der Waals surface area contributed by atoms with Crippen LogP contribution in [0.15, 0.2) is 46.9 Å². The van der Waals surface area contributed by atoms with Gasteiger partial charge < -0.3 is 10.1 Å². The zero-order valence-corrected chi connectivity index (χ0v) is 15.3. The van der Waals surface area contributed by atoms with E-state index in [0.717, 1.165) is 6.07 Å². The van der Waals surface area contributed by atoms with Crippen LogP contribution in [0.4, 0.5) is 24.5 Å². The molecule has 0 aromatic heterocycles. The monoisotopic (exact) mass is 446 g/mol. The summed E-state index contributed by atoms with van der Waals surface area (Å²) in [7, 11) is 0. The van der Waals surface area contributed by atoms with E-state index in [1.54, 1.807) is 24.3 Å². The van der Waals surface area contributed by atoms with E-state index in [1.807, 2.05) is 0 Å². The first-order valence-corrected chi connectivity index (χ1v) is 8.23. The Bertz CT molecular complexity index is 858. The first-order valence-electron chi connectivity index (χ1n) is 7.43. The summed E-state index contributed by atoms with van der Waals surface area (Å²) in [6, 6.07) is 9.88. The summed E-state index contributed by atoms with van der Waals surface area (Å²) in [5, 5.41) is 2.36. The van der Waals surface area contributed by atoms with Crippen LogP contribution in [-0.4, -0.2) is 23.5 Å². The molecule has 0 saturated carbocycles. The number of rotatable bonds is 6. The van der Waals surface area contributed by atoms with Gasteiger partial charge in [0.25, 0.3) is 12.2 Å². The molecule has 0 radical (unpaired) electrons. The van der Waals surface area contributed by atoms with Crippen molar-refractivity contribution in [3.8, 4) is 5.75 Å². The number of carbonyl (C=O) groups excluding carboxylic acids is 1. The molecule has 2 rings (SSSR count). The predicted octanol–water partition coefficient (Wildman–Crippen LogP) is 2.49. The van der Waals surface area contributed by atoms with Crippen molar-refractivity contribution < 1.29 is 27.4 Å². The summed E-state index contributed by atoms with van der Waals surface area (Å²) in [4.78, 5) is 12.0. The third kappa shape index (κ3) is 5.86. The summed E-state index contributed by atoms with van der Waals surface area (Å²) in [5.74, 6) is 10.6. The Balaban J connectivity index is 2.01. The van der Waals surface area contributed by atoms with Gasteiger partial charge >= 0.3 is 6.18 Å². The minimum atomic E-state index is -4.54. The Morgan fingerprint density at radius 3 is 2.67 bits per heavy atom. The van der Waals surface area contributed by atoms with E-state index in [4.69, 9.17) is 16.4 Å². The Kier molecular flexibility index (Phi) is 6.64. The molecule has 0 saturated heterocycles. The van der Waals surface area contributed by atoms with E-state index < -0.39 is 24.3 Å². The summed E-state index contributed by atoms with van der Waals surface area (Å²) in [6.45, 7) is -0.399. The molecule has 0 spiro atoms. The lowest BCUT2D eigenvalue weighted by Gasteiger charge is -2.12. The molecule has 11 heteroatoms. The number of halogens is 4. The summed E-state index contributed by atoms with van der Waals surface area (Å²) < 4.78 is 45.1. The zero-order chi connectivity index (χ0) is 20.0. The molecule has 144 valence electrons. The smallest absolute Gasteiger partial charge is 0.417 e. The number of carbonyl (C=O) groups is 1. The molecule has 6 N–H and O–H groups in total. The van der Waals surface area contributed by atoms with Crippen molar-refractivity contribution in [3.63, 3.8) is 0 Å². The predicted molar refractivity (Wildman–Crippen MR) is 97.2 cm³/mol. The normalized spacial score (nSPS) is 11.8. The Labute approximate surface area is 160 Å². The minimum Gasteiger partial charge on any atom is -0.484 e. The van der Waals surface area contributed by atoms with Crippen LogP contribution in [0.25, 0.3) is 0 Å². The molecule has 2 aromatic carbocycles. The van der Waals surface area contributed by atoms with Crippen LogP contribution >= 0.6 is 15.9 Å². The maximum atomic E-state index is 12.9. The third-order valence-corrected chi connectivity index (χ3v) is 3.95. The minimum absolute atomic E-state index is 0.00429. The maximum Gasteiger partial charge on any atom is 0.417 e. The zero-order valence-electron chi connectivity index (χ0n) is 13.8. The highest BCUT2D eigenvalue weighted by Crippen LogP contribution is 2.36. The fourth-order valence-corrected chi connectivity index (χ4v) is 2.53. The lowest BCUT2D eigenvalue weighted by molar-refractivity contribution is -0.449. The van der Waals surface area contributed by atoms with Gasteiger partial charge in [-0.15, -0.1) is 4.68 Å². The van der Waals surface area contributed by atoms with Crippen LogP contribution in [0.3, 0.4) is 0 Å². The first-order chi connectivity index (χ1) is 12.7. The van der Waals surface area contributed by atoms with Crippen molar-refractivity contribution in [1.82, 2.24) is 5.43 Å². The number of amides is 1. The summed E-state index contributed by atoms with van der Waals surface area (Å²) in [6.07, 6.45) is -3.24. The van der Waals surface area contributed by atoms with Gasteiger partial charge in [-0.3, -0.25) is 10.6 Å². The number of hydrogen-bond donors (Lipinski definition) is 4. The molecule has 0 heterocycles. The van der Waals surface area contributed by atoms with Gasteiger partial charge in [0.2, 0.25) is 0 Å². The van der Waals surface area contributed by atoms with Crippen molar-refractivity contribution in [2.75, 3.05) is 11.9 Å². The van der Waals surface area contributed by atoms with E-state index in [1.165, 1.54) is 23.2 Å². The second kappa shape index (κ2) is 8.73. The van der Waals surface area contributed by atoms with Crippen LogP contribution in [0, 0.1) is 0 Å². The molecule has 0 unspecified atom stereocenters. The molecule has 7 nitrogen and oxygen atoms in total. The topological polar surface area (TPSA) is 105 Å². The van der Waals surface area contributed by atoms with Crippen molar-refractivity contribution in [2.24, 2.45) is 11.7 Å². The summed E-state index contributed by atoms with van der Waals surface area (Å²) >= 11 is 2.84. The standard InChI is InChI=1S/C16H15BrF3N5O2/c17-14-5-4-10(6-13(14)16(18,19)20)24-15(26)8-27-12-3-1-2-11(7-12)25(22)9-23-21/h1-7,9H,8,21-22H2,(H,24,26)/p+1. The Hall–Kier alpha value is -2.79. The van der Waals surface area contributed by atoms with E-state index >= 15 is 0 Å². The van der Waals surface area contributed by atoms with E-state index in [0.29, 0.717) is 11.4 Å². The first kappa shape index (κ1) is 20.5. The van der Waals surface area contributed by atoms with Gasteiger partial charge in [0.05, 0.1) is 5.56 Å². The second-order valence-electron chi connectivity index (χ2n) is 5.23. The molecule has 0 aliphatic rings. The number of anilines is 1. The fraction of sp³-hybridized carbons (Fsp3) is 0.125. The average molecular weight is 447 g/mol. The number of nitrogens with zero attached hydrogens (tertiary/aromatic N) is 1. The van der Waals surface area contributed by atoms with Gasteiger partial charge in [-0.1, -0.05) is 22.0 Å². The number of hydrazine groups is 2. The highest BCUT2D eigenvalue weighted by atomic mass is 79.9. The molecule has 0 bridgehead atoms. The van der Waals surface area contributed by atoms with E-state index in [-0.39, 0.29) is 10.2 Å². The number of hydrogen-bond acceptors (Lipinski definition) is 4. The van der Waals surface area contributed by atoms with Crippen LogP contribution in [-0.2, 0) is 11.0 Å². The van der Waals surface area contributed by atoms with Gasteiger partial charge in [0.15, 0.2) is 12.3 Å². The molecule has 0 aliphatic heterocycles. The Morgan fingerprint density at radius 2 is 2.00 bits per heavy atom. The van der Waals surface area contributed by atoms with E-state index in [2.05, 4.69) is 26.7 Å². The highest BCUT2D eigenvalue weighted by Gasteiger charge is 2.33. The van der Waals surface area contributed by atoms with Gasteiger partial charge in [0, 0.05) is 16.2 Å². The highest BCUT2D eigenvalue weighted by molar-refractivity contribution is 9.10. The lowest BCUT2D eigenvalue weighted by atomic mass is 10.2. The quantitative estimate of drug-likeness (QED) is 0.179. The number of ether oxygens (including phenoxy) is 1. The Morgan fingerprint density at radius 1 is 1.26 bits per heavy atom. The third-order valence-electron chi connectivity index (χ3n) is 3.25. The van der Waals surface area contributed by atoms with Crippen LogP contribution in [0.1, 0.15) is 5.56 Å². The fourth-order valence-electron chi connectivity index (χ4n) is 2.05. The molecule has 27 heavy (non-hydrogen) atoms. The molecular formula is C16H16BrF3N5O2+. The van der Waals surface area contributed by atoms with Gasteiger partial charge in [-0.25, -0.2) is 5.43 Å². The molecular weight excluding hydrogens is 431 g/mol. The lowest BCUT2D eigenvalue weighted by Crippen LogP contribution is -2.29. The van der Waals surface area contributed by atoms with Crippen molar-refractivity contribution >= 4 is 39.6 Å². The van der Waals surface area contributed by atoms with Crippen LogP contribution < -0.4 is 27.2 Å². The number of nitrogens with one attached hydrogen (secondary N) is 2. The van der Waals surface area contributed by atoms with E-state index in [9.17, 15) is 18.0 Å². The average Bonchev–Trinajstić information content (AvgIpc) is 2.61. The molecule has 2 aromatic rings. The van der Waals surface area contributed by atoms with Crippen molar-refractivity contribution in [1.29, 1.82) is 0 Å². The van der Waals surface area contributed by atoms with Crippen molar-refractivity contribution in [2.45, 2.75) is 6.18 Å². The van der Waals surface area contributed by atoms with Crippen molar-refractivity contribution in [3.05, 3.63) is 52.5 Å². The number of nitrogens with two attached hydrogens (primary N) is 2. The number of alkyl halides is 3. The number of hydrazone groups is 1. The molecule has 1 amide bonds. The molecule has 0 aliphatic carbocycles. The van der Waals surface area contributed by atoms with Gasteiger partial charge in [-0.05, 0) is 30.3 Å². The SMILES string of the molecule is NN/C=[N+](\N)c1cccc(OCC(=O)Nc2ccc(Br)c(C(F)(F)F)c2)c1. The van der Waals surface area contributed by atoms with Gasteiger partial charge in [0.1, 0.15) is 5.75 Å². The second-order valence-corrected chi connectivity index (χ2v) is 6.08. The van der Waals surface area contributed by atoms with Crippen LogP contribution in [0.5, 0.6) is 5.75 Å². The largest absolute Gasteiger partial charge is 0.484 e. The van der Waals surface area contributed by atoms with Crippen LogP contribution in [0.2, 0.25) is 0 Å². The maximum absolute atomic E-state index is 12.9. The number of benzene rings is 2.